The second-order valence-electron chi connectivity index (χ2n) is 5.06. The summed E-state index contributed by atoms with van der Waals surface area (Å²) in [7, 11) is -4.08. The Balaban J connectivity index is 1.56. The number of epoxide rings is 1. The third kappa shape index (κ3) is 3.00. The molecule has 0 amide bonds. The van der Waals surface area contributed by atoms with Crippen molar-refractivity contribution in [3.8, 4) is 5.75 Å². The Bertz CT molecular complexity index is 491. The van der Waals surface area contributed by atoms with E-state index < -0.39 is 7.82 Å². The lowest BCUT2D eigenvalue weighted by molar-refractivity contribution is 0.138. The van der Waals surface area contributed by atoms with E-state index in [1.165, 1.54) is 0 Å². The molecule has 1 saturated carbocycles. The largest absolute Gasteiger partial charge is 0.527 e. The monoisotopic (exact) mass is 284 g/mol. The summed E-state index contributed by atoms with van der Waals surface area (Å²) in [6, 6.07) is 8.49. The molecule has 2 fully saturated rings. The molecule has 1 saturated heterocycles. The first-order chi connectivity index (χ1) is 9.10. The average molecular weight is 284 g/mol. The highest BCUT2D eigenvalue weighted by atomic mass is 31.2. The van der Waals surface area contributed by atoms with Crippen LogP contribution in [0.25, 0.3) is 0 Å². The van der Waals surface area contributed by atoms with Crippen molar-refractivity contribution in [3.63, 3.8) is 0 Å². The highest BCUT2D eigenvalue weighted by Crippen LogP contribution is 2.52. The van der Waals surface area contributed by atoms with Gasteiger partial charge < -0.3 is 9.26 Å². The molecule has 2 aliphatic rings. The van der Waals surface area contributed by atoms with Crippen LogP contribution in [0.4, 0.5) is 0 Å². The van der Waals surface area contributed by atoms with E-state index in [0.29, 0.717) is 5.75 Å². The van der Waals surface area contributed by atoms with E-state index >= 15 is 0 Å². The molecule has 3 rings (SSSR count). The summed E-state index contributed by atoms with van der Waals surface area (Å²) in [5, 5.41) is 0. The molecule has 0 spiro atoms. The predicted molar refractivity (Wildman–Crippen MR) is 68.9 cm³/mol. The number of benzene rings is 1. The van der Waals surface area contributed by atoms with Gasteiger partial charge in [0.15, 0.2) is 0 Å². The zero-order valence-corrected chi connectivity index (χ0v) is 11.4. The molecule has 1 N–H and O–H groups in total. The predicted octanol–water partition coefficient (Wildman–Crippen LogP) is 2.89. The highest BCUT2D eigenvalue weighted by Gasteiger charge is 2.58. The Morgan fingerprint density at radius 3 is 2.89 bits per heavy atom. The van der Waals surface area contributed by atoms with Crippen LogP contribution in [0.5, 0.6) is 5.75 Å². The van der Waals surface area contributed by atoms with Crippen molar-refractivity contribution in [2.75, 3.05) is 6.61 Å². The summed E-state index contributed by atoms with van der Waals surface area (Å²) in [4.78, 5) is 9.69. The first-order valence-electron chi connectivity index (χ1n) is 6.50. The van der Waals surface area contributed by atoms with Crippen molar-refractivity contribution in [1.82, 2.24) is 0 Å². The van der Waals surface area contributed by atoms with Crippen LogP contribution < -0.4 is 4.52 Å². The lowest BCUT2D eigenvalue weighted by Crippen LogP contribution is -2.25. The average Bonchev–Trinajstić information content (AvgIpc) is 3.12. The van der Waals surface area contributed by atoms with Crippen molar-refractivity contribution >= 4 is 7.82 Å². The molecule has 0 aromatic heterocycles. The fourth-order valence-corrected chi connectivity index (χ4v) is 3.40. The molecule has 3 unspecified atom stereocenters. The molecular weight excluding hydrogens is 267 g/mol. The van der Waals surface area contributed by atoms with Gasteiger partial charge in [-0.3, -0.25) is 9.42 Å². The summed E-state index contributed by atoms with van der Waals surface area (Å²) < 4.78 is 27.5. The molecule has 104 valence electrons. The fourth-order valence-electron chi connectivity index (χ4n) is 2.58. The summed E-state index contributed by atoms with van der Waals surface area (Å²) in [5.41, 5.74) is -0.337. The number of rotatable bonds is 5. The van der Waals surface area contributed by atoms with E-state index in [4.69, 9.17) is 13.8 Å². The van der Waals surface area contributed by atoms with E-state index in [1.807, 2.05) is 0 Å². The van der Waals surface area contributed by atoms with E-state index in [9.17, 15) is 9.46 Å². The first kappa shape index (κ1) is 13.1. The number of ether oxygens (including phenoxy) is 1. The molecule has 3 atom stereocenters. The van der Waals surface area contributed by atoms with Crippen molar-refractivity contribution < 1.29 is 23.2 Å². The van der Waals surface area contributed by atoms with Gasteiger partial charge in [0.25, 0.3) is 0 Å². The van der Waals surface area contributed by atoms with Crippen molar-refractivity contribution in [1.29, 1.82) is 0 Å². The SMILES string of the molecule is O=P(O)(OCC12CCCCC1O2)Oc1ccccc1. The first-order valence-corrected chi connectivity index (χ1v) is 7.99. The number of hydrogen-bond donors (Lipinski definition) is 1. The summed E-state index contributed by atoms with van der Waals surface area (Å²) >= 11 is 0. The lowest BCUT2D eigenvalue weighted by Gasteiger charge is -2.19. The fraction of sp³-hybridized carbons (Fsp3) is 0.538. The summed E-state index contributed by atoms with van der Waals surface area (Å²) in [5.74, 6) is 0.322. The van der Waals surface area contributed by atoms with Crippen molar-refractivity contribution in [2.45, 2.75) is 37.4 Å². The van der Waals surface area contributed by atoms with Gasteiger partial charge in [-0.15, -0.1) is 0 Å². The minimum atomic E-state index is -4.08. The normalized spacial score (nSPS) is 32.2. The molecule has 0 bridgehead atoms. The van der Waals surface area contributed by atoms with Gasteiger partial charge in [-0.25, -0.2) is 4.57 Å². The van der Waals surface area contributed by atoms with Gasteiger partial charge in [-0.1, -0.05) is 31.0 Å². The maximum Gasteiger partial charge on any atom is 0.527 e. The molecule has 1 heterocycles. The Hall–Kier alpha value is -0.870. The van der Waals surface area contributed by atoms with Crippen LogP contribution in [0.3, 0.4) is 0 Å². The van der Waals surface area contributed by atoms with Crippen LogP contribution in [-0.2, 0) is 13.8 Å². The number of para-hydroxylation sites is 1. The Morgan fingerprint density at radius 1 is 1.37 bits per heavy atom. The zero-order valence-electron chi connectivity index (χ0n) is 10.5. The van der Waals surface area contributed by atoms with Crippen LogP contribution in [0.2, 0.25) is 0 Å². The van der Waals surface area contributed by atoms with Crippen molar-refractivity contribution in [2.24, 2.45) is 0 Å². The van der Waals surface area contributed by atoms with Crippen LogP contribution in [0.15, 0.2) is 30.3 Å². The number of phosphoric acid groups is 1. The van der Waals surface area contributed by atoms with Gasteiger partial charge >= 0.3 is 7.82 Å². The van der Waals surface area contributed by atoms with Crippen molar-refractivity contribution in [3.05, 3.63) is 30.3 Å². The Labute approximate surface area is 112 Å². The van der Waals surface area contributed by atoms with Crippen LogP contribution in [0, 0.1) is 0 Å². The maximum absolute atomic E-state index is 11.8. The van der Waals surface area contributed by atoms with E-state index in [1.54, 1.807) is 30.3 Å². The topological polar surface area (TPSA) is 68.3 Å². The summed E-state index contributed by atoms with van der Waals surface area (Å²) in [6.07, 6.45) is 4.33. The second kappa shape index (κ2) is 4.91. The Morgan fingerprint density at radius 2 is 2.16 bits per heavy atom. The zero-order chi connectivity index (χ0) is 13.3. The molecule has 5 nitrogen and oxygen atoms in total. The van der Waals surface area contributed by atoms with Gasteiger partial charge in [-0.2, -0.15) is 0 Å². The van der Waals surface area contributed by atoms with Gasteiger partial charge in [0.1, 0.15) is 11.4 Å². The third-order valence-corrected chi connectivity index (χ3v) is 4.56. The van der Waals surface area contributed by atoms with Crippen LogP contribution in [0.1, 0.15) is 25.7 Å². The van der Waals surface area contributed by atoms with Gasteiger partial charge in [-0.05, 0) is 25.0 Å². The Kier molecular flexibility index (Phi) is 3.39. The lowest BCUT2D eigenvalue weighted by atomic mass is 9.90. The molecule has 1 aliphatic carbocycles. The number of phosphoric ester groups is 1. The molecular formula is C13H17O5P. The van der Waals surface area contributed by atoms with E-state index in [2.05, 4.69) is 0 Å². The summed E-state index contributed by atoms with van der Waals surface area (Å²) in [6.45, 7) is 0.123. The van der Waals surface area contributed by atoms with E-state index in [0.717, 1.165) is 25.7 Å². The molecule has 6 heteroatoms. The van der Waals surface area contributed by atoms with Gasteiger partial charge in [0.05, 0.1) is 12.7 Å². The maximum atomic E-state index is 11.8. The number of fused-ring (bicyclic) bond motifs is 1. The molecule has 0 radical (unpaired) electrons. The minimum Gasteiger partial charge on any atom is -0.404 e. The quantitative estimate of drug-likeness (QED) is 0.665. The molecule has 1 aromatic carbocycles. The standard InChI is InChI=1S/C13H17O5P/c14-19(15,18-11-6-2-1-3-7-11)16-10-13-9-5-4-8-12(13)17-13/h1-3,6-7,12H,4-5,8-10H2,(H,14,15). The molecule has 1 aromatic rings. The van der Waals surface area contributed by atoms with Gasteiger partial charge in [0, 0.05) is 0 Å². The highest BCUT2D eigenvalue weighted by molar-refractivity contribution is 7.47. The smallest absolute Gasteiger partial charge is 0.404 e. The van der Waals surface area contributed by atoms with Crippen LogP contribution >= 0.6 is 7.82 Å². The number of hydrogen-bond acceptors (Lipinski definition) is 4. The third-order valence-electron chi connectivity index (χ3n) is 3.66. The minimum absolute atomic E-state index is 0.123. The van der Waals surface area contributed by atoms with E-state index in [-0.39, 0.29) is 18.3 Å². The second-order valence-corrected chi connectivity index (χ2v) is 6.44. The van der Waals surface area contributed by atoms with Crippen LogP contribution in [-0.4, -0.2) is 23.2 Å². The van der Waals surface area contributed by atoms with Gasteiger partial charge in [0.2, 0.25) is 0 Å². The molecule has 1 aliphatic heterocycles. The molecule has 19 heavy (non-hydrogen) atoms.